The van der Waals surface area contributed by atoms with Gasteiger partial charge in [0.05, 0.1) is 12.1 Å². The fraction of sp³-hybridized carbons (Fsp3) is 0.167. The van der Waals surface area contributed by atoms with E-state index in [9.17, 15) is 4.79 Å². The van der Waals surface area contributed by atoms with E-state index in [1.807, 2.05) is 19.1 Å². The van der Waals surface area contributed by atoms with Crippen LogP contribution in [-0.2, 0) is 6.54 Å². The van der Waals surface area contributed by atoms with E-state index in [-0.39, 0.29) is 0 Å². The topological polar surface area (TPSA) is 51.5 Å². The molecule has 1 N–H and O–H groups in total. The van der Waals surface area contributed by atoms with Crippen molar-refractivity contribution in [3.63, 3.8) is 0 Å². The van der Waals surface area contributed by atoms with Crippen LogP contribution < -0.4 is 15.7 Å². The van der Waals surface area contributed by atoms with Gasteiger partial charge < -0.3 is 14.5 Å². The predicted molar refractivity (Wildman–Crippen MR) is 97.6 cm³/mol. The monoisotopic (exact) mass is 363 g/mol. The van der Waals surface area contributed by atoms with E-state index in [1.165, 1.54) is 6.07 Å². The quantitative estimate of drug-likeness (QED) is 0.660. The Labute approximate surface area is 149 Å². The largest absolute Gasteiger partial charge is 0.495 e. The van der Waals surface area contributed by atoms with Gasteiger partial charge in [0.15, 0.2) is 0 Å². The van der Waals surface area contributed by atoms with Gasteiger partial charge in [-0.05, 0) is 48.4 Å². The lowest BCUT2D eigenvalue weighted by Gasteiger charge is -2.11. The lowest BCUT2D eigenvalue weighted by Crippen LogP contribution is -2.06. The number of aryl methyl sites for hydroxylation is 1. The highest BCUT2D eigenvalue weighted by Gasteiger charge is 2.09. The van der Waals surface area contributed by atoms with Gasteiger partial charge in [0.25, 0.3) is 0 Å². The lowest BCUT2D eigenvalue weighted by atomic mass is 10.1. The number of rotatable bonds is 4. The first-order valence-electron chi connectivity index (χ1n) is 7.28. The van der Waals surface area contributed by atoms with Crippen molar-refractivity contribution >= 4 is 39.9 Å². The Balaban J connectivity index is 1.94. The first kappa shape index (κ1) is 16.7. The van der Waals surface area contributed by atoms with E-state index in [1.54, 1.807) is 25.3 Å². The third-order valence-corrected chi connectivity index (χ3v) is 4.45. The van der Waals surface area contributed by atoms with Crippen molar-refractivity contribution in [1.82, 2.24) is 0 Å². The minimum Gasteiger partial charge on any atom is -0.495 e. The van der Waals surface area contributed by atoms with Gasteiger partial charge in [0.1, 0.15) is 11.3 Å². The smallest absolute Gasteiger partial charge is 0.336 e. The summed E-state index contributed by atoms with van der Waals surface area (Å²) in [6.45, 7) is 2.30. The minimum atomic E-state index is -0.395. The van der Waals surface area contributed by atoms with Crippen molar-refractivity contribution in [2.45, 2.75) is 13.5 Å². The summed E-state index contributed by atoms with van der Waals surface area (Å²) in [7, 11) is 1.56. The minimum absolute atomic E-state index is 0.395. The van der Waals surface area contributed by atoms with Crippen LogP contribution >= 0.6 is 23.2 Å². The SMILES string of the molecule is COc1ccc(NCc2cc(=O)oc3cc(C)c(Cl)cc23)cc1Cl. The van der Waals surface area contributed by atoms with E-state index in [0.717, 1.165) is 22.2 Å². The molecule has 6 heteroatoms. The van der Waals surface area contributed by atoms with Crippen LogP contribution in [0.1, 0.15) is 11.1 Å². The molecule has 0 radical (unpaired) electrons. The summed E-state index contributed by atoms with van der Waals surface area (Å²) in [6, 6.07) is 10.5. The van der Waals surface area contributed by atoms with Gasteiger partial charge in [0.2, 0.25) is 0 Å². The van der Waals surface area contributed by atoms with Crippen molar-refractivity contribution in [1.29, 1.82) is 0 Å². The summed E-state index contributed by atoms with van der Waals surface area (Å²) in [5.74, 6) is 0.607. The molecule has 2 aromatic carbocycles. The maximum absolute atomic E-state index is 11.8. The molecule has 3 aromatic rings. The first-order valence-corrected chi connectivity index (χ1v) is 8.04. The van der Waals surface area contributed by atoms with Crippen LogP contribution in [0.15, 0.2) is 45.6 Å². The number of halogens is 2. The molecule has 0 saturated carbocycles. The Bertz CT molecular complexity index is 966. The highest BCUT2D eigenvalue weighted by Crippen LogP contribution is 2.29. The highest BCUT2D eigenvalue weighted by molar-refractivity contribution is 6.32. The number of hydrogen-bond acceptors (Lipinski definition) is 4. The Morgan fingerprint density at radius 3 is 2.62 bits per heavy atom. The number of hydrogen-bond donors (Lipinski definition) is 1. The molecule has 4 nitrogen and oxygen atoms in total. The summed E-state index contributed by atoms with van der Waals surface area (Å²) in [5.41, 5.74) is 2.61. The average Bonchev–Trinajstić information content (AvgIpc) is 2.54. The molecule has 0 spiro atoms. The number of methoxy groups -OCH3 is 1. The summed E-state index contributed by atoms with van der Waals surface area (Å²) in [6.07, 6.45) is 0. The molecule has 0 aliphatic rings. The molecule has 0 fully saturated rings. The second-order valence-corrected chi connectivity index (χ2v) is 6.21. The molecular weight excluding hydrogens is 349 g/mol. The maximum Gasteiger partial charge on any atom is 0.336 e. The van der Waals surface area contributed by atoms with Crippen molar-refractivity contribution in [2.24, 2.45) is 0 Å². The van der Waals surface area contributed by atoms with Crippen molar-refractivity contribution in [3.8, 4) is 5.75 Å². The van der Waals surface area contributed by atoms with Crippen molar-refractivity contribution < 1.29 is 9.15 Å². The standard InChI is InChI=1S/C18H15Cl2NO3/c1-10-5-17-13(8-14(10)19)11(6-18(22)24-17)9-21-12-3-4-16(23-2)15(20)7-12/h3-8,21H,9H2,1-2H3. The molecule has 0 amide bonds. The molecule has 0 atom stereocenters. The fourth-order valence-electron chi connectivity index (χ4n) is 2.47. The molecule has 1 heterocycles. The van der Waals surface area contributed by atoms with Crippen LogP contribution in [0, 0.1) is 6.92 Å². The zero-order valence-electron chi connectivity index (χ0n) is 13.2. The average molecular weight is 364 g/mol. The molecule has 0 bridgehead atoms. The van der Waals surface area contributed by atoms with Crippen LogP contribution in [0.3, 0.4) is 0 Å². The van der Waals surface area contributed by atoms with Crippen LogP contribution in [-0.4, -0.2) is 7.11 Å². The lowest BCUT2D eigenvalue weighted by molar-refractivity contribution is 0.415. The second-order valence-electron chi connectivity index (χ2n) is 5.39. The van der Waals surface area contributed by atoms with Crippen LogP contribution in [0.25, 0.3) is 11.0 Å². The van der Waals surface area contributed by atoms with Gasteiger partial charge in [-0.3, -0.25) is 0 Å². The van der Waals surface area contributed by atoms with Gasteiger partial charge in [-0.15, -0.1) is 0 Å². The van der Waals surface area contributed by atoms with Gasteiger partial charge in [-0.2, -0.15) is 0 Å². The number of nitrogens with one attached hydrogen (secondary N) is 1. The zero-order chi connectivity index (χ0) is 17.3. The molecule has 0 aliphatic carbocycles. The van der Waals surface area contributed by atoms with Crippen LogP contribution in [0.4, 0.5) is 5.69 Å². The molecule has 24 heavy (non-hydrogen) atoms. The number of fused-ring (bicyclic) bond motifs is 1. The molecule has 124 valence electrons. The number of anilines is 1. The van der Waals surface area contributed by atoms with Crippen molar-refractivity contribution in [2.75, 3.05) is 12.4 Å². The Morgan fingerprint density at radius 2 is 1.92 bits per heavy atom. The van der Waals surface area contributed by atoms with Gasteiger partial charge in [0, 0.05) is 28.7 Å². The molecule has 0 aliphatic heterocycles. The molecular formula is C18H15Cl2NO3. The number of benzene rings is 2. The van der Waals surface area contributed by atoms with Crippen LogP contribution in [0.5, 0.6) is 5.75 Å². The van der Waals surface area contributed by atoms with Gasteiger partial charge in [-0.25, -0.2) is 4.79 Å². The van der Waals surface area contributed by atoms with E-state index in [4.69, 9.17) is 32.4 Å². The van der Waals surface area contributed by atoms with Crippen LogP contribution in [0.2, 0.25) is 10.0 Å². The van der Waals surface area contributed by atoms with Crippen molar-refractivity contribution in [3.05, 3.63) is 68.0 Å². The second kappa shape index (κ2) is 6.75. The third-order valence-electron chi connectivity index (χ3n) is 3.74. The van der Waals surface area contributed by atoms with E-state index >= 15 is 0 Å². The first-order chi connectivity index (χ1) is 11.5. The van der Waals surface area contributed by atoms with E-state index in [0.29, 0.717) is 27.9 Å². The summed E-state index contributed by atoms with van der Waals surface area (Å²) in [5, 5.41) is 5.19. The third kappa shape index (κ3) is 3.35. The maximum atomic E-state index is 11.8. The summed E-state index contributed by atoms with van der Waals surface area (Å²) >= 11 is 12.3. The molecule has 1 aromatic heterocycles. The van der Waals surface area contributed by atoms with Gasteiger partial charge >= 0.3 is 5.63 Å². The molecule has 0 saturated heterocycles. The summed E-state index contributed by atoms with van der Waals surface area (Å²) < 4.78 is 10.4. The van der Waals surface area contributed by atoms with E-state index < -0.39 is 5.63 Å². The Kier molecular flexibility index (Phi) is 4.69. The summed E-state index contributed by atoms with van der Waals surface area (Å²) in [4.78, 5) is 11.8. The normalized spacial score (nSPS) is 10.8. The Hall–Kier alpha value is -2.17. The van der Waals surface area contributed by atoms with E-state index in [2.05, 4.69) is 5.32 Å². The highest BCUT2D eigenvalue weighted by atomic mass is 35.5. The molecule has 0 unspecified atom stereocenters. The number of ether oxygens (including phenoxy) is 1. The molecule has 3 rings (SSSR count). The van der Waals surface area contributed by atoms with Gasteiger partial charge in [-0.1, -0.05) is 23.2 Å². The fourth-order valence-corrected chi connectivity index (χ4v) is 2.89. The predicted octanol–water partition coefficient (Wildman–Crippen LogP) is 5.03. The Morgan fingerprint density at radius 1 is 1.12 bits per heavy atom. The zero-order valence-corrected chi connectivity index (χ0v) is 14.7.